The molecule has 1 N–H and O–H groups in total. The number of aryl methyl sites for hydroxylation is 2. The molecule has 0 aliphatic heterocycles. The molecule has 0 aliphatic rings. The number of halogens is 1. The second-order valence-corrected chi connectivity index (χ2v) is 4.99. The number of nitrogens with one attached hydrogen (secondary N) is 1. The normalized spacial score (nSPS) is 10.9. The highest BCUT2D eigenvalue weighted by Crippen LogP contribution is 2.22. The van der Waals surface area contributed by atoms with Crippen LogP contribution in [0.25, 0.3) is 0 Å². The van der Waals surface area contributed by atoms with Crippen LogP contribution in [-0.2, 0) is 11.3 Å². The summed E-state index contributed by atoms with van der Waals surface area (Å²) in [6.07, 6.45) is 2.91. The summed E-state index contributed by atoms with van der Waals surface area (Å²) < 4.78 is 21.0. The van der Waals surface area contributed by atoms with Gasteiger partial charge in [0.2, 0.25) is 5.95 Å². The Balaban J connectivity index is 2.10. The Morgan fingerprint density at radius 1 is 1.33 bits per heavy atom. The molecule has 2 rings (SSSR count). The number of benzene rings is 1. The molecule has 1 aromatic heterocycles. The molecule has 1 aromatic carbocycles. The van der Waals surface area contributed by atoms with Crippen molar-refractivity contribution in [1.29, 1.82) is 0 Å². The van der Waals surface area contributed by atoms with Gasteiger partial charge in [-0.15, -0.1) is 0 Å². The molecule has 5 heteroatoms. The van der Waals surface area contributed by atoms with E-state index < -0.39 is 0 Å². The lowest BCUT2D eigenvalue weighted by Gasteiger charge is -2.12. The quantitative estimate of drug-likeness (QED) is 0.788. The summed E-state index contributed by atoms with van der Waals surface area (Å²) in [6, 6.07) is 5.01. The molecule has 21 heavy (non-hydrogen) atoms. The molecule has 0 atom stereocenters. The number of hydrogen-bond acceptors (Lipinski definition) is 3. The van der Waals surface area contributed by atoms with Crippen molar-refractivity contribution in [1.82, 2.24) is 9.55 Å². The van der Waals surface area contributed by atoms with Crippen molar-refractivity contribution in [2.24, 2.45) is 0 Å². The Labute approximate surface area is 125 Å². The number of ether oxygens (including phenoxy) is 1. The van der Waals surface area contributed by atoms with E-state index >= 15 is 0 Å². The van der Waals surface area contributed by atoms with Gasteiger partial charge in [-0.25, -0.2) is 9.37 Å². The van der Waals surface area contributed by atoms with Gasteiger partial charge in [-0.3, -0.25) is 0 Å². The third-order valence-corrected chi connectivity index (χ3v) is 3.30. The van der Waals surface area contributed by atoms with Crippen LogP contribution in [0.2, 0.25) is 0 Å². The standard InChI is InChI=1S/C16H22FN3O/c1-4-21-10-6-9-20-11-12(2)18-16(20)19-15-8-5-7-14(17)13(15)3/h5,7-8,11H,4,6,9-10H2,1-3H3,(H,18,19). The third kappa shape index (κ3) is 4.04. The van der Waals surface area contributed by atoms with Crippen molar-refractivity contribution >= 4 is 11.6 Å². The minimum Gasteiger partial charge on any atom is -0.382 e. The van der Waals surface area contributed by atoms with Crippen LogP contribution in [-0.4, -0.2) is 22.8 Å². The average Bonchev–Trinajstić information content (AvgIpc) is 2.80. The summed E-state index contributed by atoms with van der Waals surface area (Å²) in [4.78, 5) is 4.46. The van der Waals surface area contributed by atoms with E-state index in [1.54, 1.807) is 13.0 Å². The first kappa shape index (κ1) is 15.5. The van der Waals surface area contributed by atoms with Crippen LogP contribution in [0.4, 0.5) is 16.0 Å². The summed E-state index contributed by atoms with van der Waals surface area (Å²) in [7, 11) is 0. The van der Waals surface area contributed by atoms with Gasteiger partial charge in [0.25, 0.3) is 0 Å². The summed E-state index contributed by atoms with van der Waals surface area (Å²) in [5.74, 6) is 0.517. The largest absolute Gasteiger partial charge is 0.382 e. The zero-order valence-corrected chi connectivity index (χ0v) is 12.8. The third-order valence-electron chi connectivity index (χ3n) is 3.30. The molecule has 0 bridgehead atoms. The second kappa shape index (κ2) is 7.22. The molecular formula is C16H22FN3O. The summed E-state index contributed by atoms with van der Waals surface area (Å²) in [5.41, 5.74) is 2.27. The molecule has 114 valence electrons. The molecule has 0 fully saturated rings. The zero-order valence-electron chi connectivity index (χ0n) is 12.8. The number of hydrogen-bond donors (Lipinski definition) is 1. The minimum absolute atomic E-state index is 0.217. The van der Waals surface area contributed by atoms with Gasteiger partial charge in [-0.1, -0.05) is 6.07 Å². The number of aromatic nitrogens is 2. The predicted molar refractivity (Wildman–Crippen MR) is 82.5 cm³/mol. The second-order valence-electron chi connectivity index (χ2n) is 4.99. The average molecular weight is 291 g/mol. The van der Waals surface area contributed by atoms with Crippen LogP contribution >= 0.6 is 0 Å². The minimum atomic E-state index is -0.217. The molecule has 0 unspecified atom stereocenters. The topological polar surface area (TPSA) is 39.1 Å². The Kier molecular flexibility index (Phi) is 5.33. The van der Waals surface area contributed by atoms with Gasteiger partial charge in [0.1, 0.15) is 5.82 Å². The summed E-state index contributed by atoms with van der Waals surface area (Å²) >= 11 is 0. The fourth-order valence-corrected chi connectivity index (χ4v) is 2.16. The van der Waals surface area contributed by atoms with E-state index in [1.807, 2.05) is 30.7 Å². The fraction of sp³-hybridized carbons (Fsp3) is 0.438. The van der Waals surface area contributed by atoms with E-state index in [-0.39, 0.29) is 5.82 Å². The van der Waals surface area contributed by atoms with E-state index in [0.29, 0.717) is 5.56 Å². The maximum absolute atomic E-state index is 13.6. The molecular weight excluding hydrogens is 269 g/mol. The molecule has 0 radical (unpaired) electrons. The predicted octanol–water partition coefficient (Wildman–Crippen LogP) is 3.81. The van der Waals surface area contributed by atoms with Gasteiger partial charge >= 0.3 is 0 Å². The lowest BCUT2D eigenvalue weighted by molar-refractivity contribution is 0.142. The highest BCUT2D eigenvalue weighted by Gasteiger charge is 2.09. The maximum atomic E-state index is 13.6. The van der Waals surface area contributed by atoms with E-state index in [2.05, 4.69) is 10.3 Å². The molecule has 1 heterocycles. The van der Waals surface area contributed by atoms with Crippen molar-refractivity contribution in [3.05, 3.63) is 41.5 Å². The number of rotatable bonds is 7. The van der Waals surface area contributed by atoms with Crippen LogP contribution in [0.1, 0.15) is 24.6 Å². The highest BCUT2D eigenvalue weighted by molar-refractivity contribution is 5.58. The van der Waals surface area contributed by atoms with Gasteiger partial charge in [0.15, 0.2) is 0 Å². The smallest absolute Gasteiger partial charge is 0.207 e. The molecule has 4 nitrogen and oxygen atoms in total. The fourth-order valence-electron chi connectivity index (χ4n) is 2.16. The molecule has 0 aliphatic carbocycles. The van der Waals surface area contributed by atoms with Crippen molar-refractivity contribution < 1.29 is 9.13 Å². The lowest BCUT2D eigenvalue weighted by Crippen LogP contribution is -2.06. The zero-order chi connectivity index (χ0) is 15.2. The number of imidazole rings is 1. The van der Waals surface area contributed by atoms with Crippen LogP contribution in [0.5, 0.6) is 0 Å². The Hall–Kier alpha value is -1.88. The first-order valence-electron chi connectivity index (χ1n) is 7.25. The van der Waals surface area contributed by atoms with Crippen LogP contribution in [0.3, 0.4) is 0 Å². The van der Waals surface area contributed by atoms with Crippen LogP contribution in [0, 0.1) is 19.7 Å². The van der Waals surface area contributed by atoms with E-state index in [4.69, 9.17) is 4.74 Å². The van der Waals surface area contributed by atoms with Crippen LogP contribution in [0.15, 0.2) is 24.4 Å². The maximum Gasteiger partial charge on any atom is 0.207 e. The van der Waals surface area contributed by atoms with Gasteiger partial charge in [-0.2, -0.15) is 0 Å². The highest BCUT2D eigenvalue weighted by atomic mass is 19.1. The first-order valence-corrected chi connectivity index (χ1v) is 7.25. The van der Waals surface area contributed by atoms with Gasteiger partial charge in [-0.05, 0) is 39.3 Å². The van der Waals surface area contributed by atoms with Gasteiger partial charge in [0.05, 0.1) is 5.69 Å². The van der Waals surface area contributed by atoms with Crippen molar-refractivity contribution in [2.45, 2.75) is 33.7 Å². The van der Waals surface area contributed by atoms with Gasteiger partial charge in [0, 0.05) is 37.2 Å². The lowest BCUT2D eigenvalue weighted by atomic mass is 10.2. The van der Waals surface area contributed by atoms with Crippen molar-refractivity contribution in [2.75, 3.05) is 18.5 Å². The number of nitrogens with zero attached hydrogens (tertiary/aromatic N) is 2. The Morgan fingerprint density at radius 3 is 2.90 bits per heavy atom. The summed E-state index contributed by atoms with van der Waals surface area (Å²) in [5, 5.41) is 3.21. The van der Waals surface area contributed by atoms with Gasteiger partial charge < -0.3 is 14.6 Å². The van der Waals surface area contributed by atoms with Crippen molar-refractivity contribution in [3.8, 4) is 0 Å². The van der Waals surface area contributed by atoms with Crippen LogP contribution < -0.4 is 5.32 Å². The van der Waals surface area contributed by atoms with E-state index in [0.717, 1.165) is 43.5 Å². The molecule has 2 aromatic rings. The SMILES string of the molecule is CCOCCCn1cc(C)nc1Nc1cccc(F)c1C. The Morgan fingerprint density at radius 2 is 2.14 bits per heavy atom. The molecule has 0 spiro atoms. The number of anilines is 2. The monoisotopic (exact) mass is 291 g/mol. The van der Waals surface area contributed by atoms with E-state index in [1.165, 1.54) is 6.07 Å². The molecule has 0 amide bonds. The van der Waals surface area contributed by atoms with Crippen molar-refractivity contribution in [3.63, 3.8) is 0 Å². The molecule has 0 saturated carbocycles. The molecule has 0 saturated heterocycles. The first-order chi connectivity index (χ1) is 10.1. The van der Waals surface area contributed by atoms with E-state index in [9.17, 15) is 4.39 Å². The Bertz CT molecular complexity index is 595. The summed E-state index contributed by atoms with van der Waals surface area (Å²) in [6.45, 7) is 7.97.